The number of nitrogens with one attached hydrogen (secondary N) is 1. The van der Waals surface area contributed by atoms with E-state index < -0.39 is 6.04 Å². The Balaban J connectivity index is 0.00000231. The highest BCUT2D eigenvalue weighted by molar-refractivity contribution is 5.92. The van der Waals surface area contributed by atoms with Crippen molar-refractivity contribution in [1.29, 1.82) is 0 Å². The van der Waals surface area contributed by atoms with Gasteiger partial charge >= 0.3 is 0 Å². The maximum absolute atomic E-state index is 14.5. The number of fused-ring (bicyclic) bond motifs is 1. The standard InChI is InChI=1S/C23H18FN5O.ClH/c24-18-9-10-20(14-12-26-27-13-14)28-21(18)11-19(25)15-5-1-2-6-16(15)23-17-7-3-4-8-22(17)30-29-23;/h1-10,12-13,19H,11,25H2,(H,26,27);1H. The number of halogens is 2. The van der Waals surface area contributed by atoms with E-state index in [-0.39, 0.29) is 24.6 Å². The minimum atomic E-state index is -0.474. The van der Waals surface area contributed by atoms with E-state index in [0.29, 0.717) is 17.0 Å². The summed E-state index contributed by atoms with van der Waals surface area (Å²) in [5, 5.41) is 11.8. The van der Waals surface area contributed by atoms with E-state index in [1.165, 1.54) is 6.07 Å². The summed E-state index contributed by atoms with van der Waals surface area (Å²) in [5.74, 6) is -0.387. The van der Waals surface area contributed by atoms with Crippen LogP contribution in [-0.2, 0) is 6.42 Å². The third-order valence-electron chi connectivity index (χ3n) is 5.12. The maximum Gasteiger partial charge on any atom is 0.167 e. The van der Waals surface area contributed by atoms with Crippen LogP contribution in [0, 0.1) is 5.82 Å². The second-order valence-electron chi connectivity index (χ2n) is 7.04. The lowest BCUT2D eigenvalue weighted by atomic mass is 9.94. The van der Waals surface area contributed by atoms with Crippen molar-refractivity contribution in [2.75, 3.05) is 0 Å². The van der Waals surface area contributed by atoms with Crippen LogP contribution in [0.3, 0.4) is 0 Å². The van der Waals surface area contributed by atoms with E-state index in [9.17, 15) is 4.39 Å². The number of nitrogens with zero attached hydrogens (tertiary/aromatic N) is 3. The average molecular weight is 436 g/mol. The molecule has 3 aromatic heterocycles. The number of aromatic amines is 1. The van der Waals surface area contributed by atoms with Crippen LogP contribution in [-0.4, -0.2) is 20.3 Å². The molecule has 5 rings (SSSR count). The Morgan fingerprint density at radius 3 is 2.68 bits per heavy atom. The van der Waals surface area contributed by atoms with Gasteiger partial charge in [0, 0.05) is 35.2 Å². The van der Waals surface area contributed by atoms with Gasteiger partial charge in [-0.05, 0) is 29.8 Å². The van der Waals surface area contributed by atoms with E-state index in [1.54, 1.807) is 18.5 Å². The summed E-state index contributed by atoms with van der Waals surface area (Å²) in [6.07, 6.45) is 3.61. The molecule has 5 aromatic rings. The second kappa shape index (κ2) is 8.67. The van der Waals surface area contributed by atoms with Gasteiger partial charge in [0.15, 0.2) is 5.58 Å². The first-order chi connectivity index (χ1) is 14.7. The fourth-order valence-electron chi connectivity index (χ4n) is 3.61. The molecule has 1 atom stereocenters. The van der Waals surface area contributed by atoms with Crippen LogP contribution in [0.1, 0.15) is 17.3 Å². The van der Waals surface area contributed by atoms with Gasteiger partial charge in [0.25, 0.3) is 0 Å². The normalized spacial score (nSPS) is 11.9. The topological polar surface area (TPSA) is 93.6 Å². The number of pyridine rings is 1. The van der Waals surface area contributed by atoms with Crippen molar-refractivity contribution < 1.29 is 8.91 Å². The summed E-state index contributed by atoms with van der Waals surface area (Å²) in [4.78, 5) is 4.47. The first-order valence-corrected chi connectivity index (χ1v) is 9.54. The highest BCUT2D eigenvalue weighted by atomic mass is 35.5. The van der Waals surface area contributed by atoms with Crippen molar-refractivity contribution in [3.63, 3.8) is 0 Å². The van der Waals surface area contributed by atoms with Crippen molar-refractivity contribution in [2.45, 2.75) is 12.5 Å². The maximum atomic E-state index is 14.5. The summed E-state index contributed by atoms with van der Waals surface area (Å²) < 4.78 is 20.0. The van der Waals surface area contributed by atoms with Crippen LogP contribution in [0.4, 0.5) is 4.39 Å². The highest BCUT2D eigenvalue weighted by Crippen LogP contribution is 2.33. The van der Waals surface area contributed by atoms with Gasteiger partial charge in [-0.2, -0.15) is 5.10 Å². The van der Waals surface area contributed by atoms with Gasteiger partial charge in [0.1, 0.15) is 11.5 Å². The van der Waals surface area contributed by atoms with E-state index in [2.05, 4.69) is 20.3 Å². The summed E-state index contributed by atoms with van der Waals surface area (Å²) in [6.45, 7) is 0. The first kappa shape index (κ1) is 20.7. The van der Waals surface area contributed by atoms with Crippen molar-refractivity contribution in [1.82, 2.24) is 20.3 Å². The molecular formula is C23H19ClFN5O. The lowest BCUT2D eigenvalue weighted by Crippen LogP contribution is -2.16. The Morgan fingerprint density at radius 2 is 1.84 bits per heavy atom. The van der Waals surface area contributed by atoms with Crippen molar-refractivity contribution >= 4 is 23.4 Å². The van der Waals surface area contributed by atoms with Crippen molar-refractivity contribution in [2.24, 2.45) is 5.73 Å². The van der Waals surface area contributed by atoms with Crippen LogP contribution in [0.15, 0.2) is 77.6 Å². The molecule has 156 valence electrons. The van der Waals surface area contributed by atoms with Crippen LogP contribution in [0.2, 0.25) is 0 Å². The molecule has 0 aliphatic carbocycles. The van der Waals surface area contributed by atoms with Crippen molar-refractivity contribution in [3.8, 4) is 22.5 Å². The highest BCUT2D eigenvalue weighted by Gasteiger charge is 2.19. The molecule has 31 heavy (non-hydrogen) atoms. The lowest BCUT2D eigenvalue weighted by Gasteiger charge is -2.16. The summed E-state index contributed by atoms with van der Waals surface area (Å²) >= 11 is 0. The molecule has 0 aliphatic heterocycles. The van der Waals surface area contributed by atoms with E-state index in [4.69, 9.17) is 10.3 Å². The smallest absolute Gasteiger partial charge is 0.167 e. The Morgan fingerprint density at radius 1 is 1.03 bits per heavy atom. The zero-order chi connectivity index (χ0) is 20.5. The monoisotopic (exact) mass is 435 g/mol. The molecule has 0 spiro atoms. The number of H-pyrrole nitrogens is 1. The minimum Gasteiger partial charge on any atom is -0.356 e. The van der Waals surface area contributed by atoms with Gasteiger partial charge in [-0.25, -0.2) is 9.37 Å². The molecular weight excluding hydrogens is 417 g/mol. The SMILES string of the molecule is Cl.NC(Cc1nc(-c2cn[nH]c2)ccc1F)c1ccccc1-c1noc2ccccc12. The number of para-hydroxylation sites is 1. The third kappa shape index (κ3) is 3.93. The summed E-state index contributed by atoms with van der Waals surface area (Å²) in [6, 6.07) is 17.9. The number of hydrogen-bond donors (Lipinski definition) is 2. The van der Waals surface area contributed by atoms with Crippen LogP contribution >= 0.6 is 12.4 Å². The first-order valence-electron chi connectivity index (χ1n) is 9.54. The zero-order valence-corrected chi connectivity index (χ0v) is 17.1. The average Bonchev–Trinajstić information content (AvgIpc) is 3.45. The van der Waals surface area contributed by atoms with Crippen molar-refractivity contribution in [3.05, 3.63) is 90.1 Å². The number of hydrogen-bond acceptors (Lipinski definition) is 5. The van der Waals surface area contributed by atoms with E-state index in [0.717, 1.165) is 27.8 Å². The lowest BCUT2D eigenvalue weighted by molar-refractivity contribution is 0.459. The Kier molecular flexibility index (Phi) is 5.79. The molecule has 3 N–H and O–H groups in total. The van der Waals surface area contributed by atoms with Gasteiger partial charge < -0.3 is 10.3 Å². The van der Waals surface area contributed by atoms with Crippen LogP contribution in [0.25, 0.3) is 33.5 Å². The molecule has 0 radical (unpaired) electrons. The fraction of sp³-hybridized carbons (Fsp3) is 0.0870. The van der Waals surface area contributed by atoms with Crippen LogP contribution < -0.4 is 5.73 Å². The molecule has 0 amide bonds. The molecule has 1 unspecified atom stereocenters. The van der Waals surface area contributed by atoms with Gasteiger partial charge in [-0.15, -0.1) is 12.4 Å². The third-order valence-corrected chi connectivity index (χ3v) is 5.12. The van der Waals surface area contributed by atoms with Gasteiger partial charge in [0.05, 0.1) is 17.6 Å². The number of aromatic nitrogens is 4. The van der Waals surface area contributed by atoms with Gasteiger partial charge in [-0.1, -0.05) is 41.6 Å². The molecule has 0 saturated carbocycles. The molecule has 0 saturated heterocycles. The largest absolute Gasteiger partial charge is 0.356 e. The molecule has 0 aliphatic rings. The molecule has 0 fully saturated rings. The number of rotatable bonds is 5. The predicted octanol–water partition coefficient (Wildman–Crippen LogP) is 5.08. The molecule has 2 aromatic carbocycles. The fourth-order valence-corrected chi connectivity index (χ4v) is 3.61. The molecule has 0 bridgehead atoms. The Labute approximate surface area is 183 Å². The Bertz CT molecular complexity index is 1320. The van der Waals surface area contributed by atoms with Gasteiger partial charge in [-0.3, -0.25) is 5.10 Å². The predicted molar refractivity (Wildman–Crippen MR) is 119 cm³/mol. The second-order valence-corrected chi connectivity index (χ2v) is 7.04. The number of nitrogens with two attached hydrogens (primary N) is 1. The minimum absolute atomic E-state index is 0. The number of benzene rings is 2. The zero-order valence-electron chi connectivity index (χ0n) is 16.3. The Hall–Kier alpha value is -3.55. The van der Waals surface area contributed by atoms with E-state index in [1.807, 2.05) is 48.5 Å². The van der Waals surface area contributed by atoms with Gasteiger partial charge in [0.2, 0.25) is 0 Å². The van der Waals surface area contributed by atoms with E-state index >= 15 is 0 Å². The van der Waals surface area contributed by atoms with Crippen LogP contribution in [0.5, 0.6) is 0 Å². The summed E-state index contributed by atoms with van der Waals surface area (Å²) in [5.41, 5.74) is 11.4. The summed E-state index contributed by atoms with van der Waals surface area (Å²) in [7, 11) is 0. The molecule has 8 heteroatoms. The quantitative estimate of drug-likeness (QED) is 0.401. The molecule has 6 nitrogen and oxygen atoms in total. The molecule has 3 heterocycles.